The first kappa shape index (κ1) is 30.2. The molecule has 1 unspecified atom stereocenters. The number of carbonyl (C=O) groups excluding carboxylic acids is 2. The number of esters is 2. The third kappa shape index (κ3) is 7.18. The summed E-state index contributed by atoms with van der Waals surface area (Å²) >= 11 is 0. The van der Waals surface area contributed by atoms with Gasteiger partial charge in [-0.2, -0.15) is 0 Å². The molecule has 2 aromatic rings. The predicted molar refractivity (Wildman–Crippen MR) is 153 cm³/mol. The lowest BCUT2D eigenvalue weighted by Crippen LogP contribution is -2.42. The topological polar surface area (TPSA) is 71.1 Å². The van der Waals surface area contributed by atoms with Crippen molar-refractivity contribution in [2.45, 2.75) is 82.8 Å². The molecule has 0 aliphatic heterocycles. The second-order valence-electron chi connectivity index (χ2n) is 10.8. The third-order valence-electron chi connectivity index (χ3n) is 7.57. The second-order valence-corrected chi connectivity index (χ2v) is 10.8. The van der Waals surface area contributed by atoms with Crippen molar-refractivity contribution in [3.05, 3.63) is 85.0 Å². The van der Waals surface area contributed by atoms with Gasteiger partial charge >= 0.3 is 11.9 Å². The molecule has 0 amide bonds. The standard InChI is InChI=1S/C33H42O6/c1-7-23-36-30(35)32(6,9-3)39-28-19-15-26(16-20-28)33(21-11-10-12-22-33)25-13-17-27(18-14-25)38-29(34)31(4,5)37-24-8-2/h7-8,13-20H,1-2,9-12,21-24H2,3-6H3. The molecule has 39 heavy (non-hydrogen) atoms. The normalized spacial score (nSPS) is 16.4. The smallest absolute Gasteiger partial charge is 0.350 e. The zero-order valence-corrected chi connectivity index (χ0v) is 23.8. The first-order valence-electron chi connectivity index (χ1n) is 13.8. The molecule has 3 rings (SSSR count). The maximum absolute atomic E-state index is 12.6. The maximum atomic E-state index is 12.6. The van der Waals surface area contributed by atoms with E-state index in [1.807, 2.05) is 31.2 Å². The average molecular weight is 535 g/mol. The molecule has 6 nitrogen and oxygen atoms in total. The molecule has 0 heterocycles. The average Bonchev–Trinajstić information content (AvgIpc) is 2.95. The molecule has 1 aliphatic carbocycles. The van der Waals surface area contributed by atoms with Gasteiger partial charge in [0.25, 0.3) is 0 Å². The molecule has 2 aromatic carbocycles. The first-order chi connectivity index (χ1) is 18.6. The quantitative estimate of drug-likeness (QED) is 0.155. The van der Waals surface area contributed by atoms with Crippen molar-refractivity contribution in [2.24, 2.45) is 0 Å². The van der Waals surface area contributed by atoms with Crippen LogP contribution in [0.1, 0.15) is 77.3 Å². The van der Waals surface area contributed by atoms with E-state index in [1.54, 1.807) is 32.9 Å². The zero-order chi connectivity index (χ0) is 28.5. The summed E-state index contributed by atoms with van der Waals surface area (Å²) in [6, 6.07) is 15.9. The molecular weight excluding hydrogens is 492 g/mol. The van der Waals surface area contributed by atoms with Crippen LogP contribution < -0.4 is 9.47 Å². The van der Waals surface area contributed by atoms with E-state index in [-0.39, 0.29) is 18.6 Å². The van der Waals surface area contributed by atoms with Crippen LogP contribution in [0.4, 0.5) is 0 Å². The van der Waals surface area contributed by atoms with Gasteiger partial charge in [-0.15, -0.1) is 6.58 Å². The molecule has 0 N–H and O–H groups in total. The summed E-state index contributed by atoms with van der Waals surface area (Å²) in [6.07, 6.45) is 9.14. The van der Waals surface area contributed by atoms with Gasteiger partial charge in [-0.05, 0) is 75.4 Å². The monoisotopic (exact) mass is 534 g/mol. The first-order valence-corrected chi connectivity index (χ1v) is 13.8. The Balaban J connectivity index is 1.81. The van der Waals surface area contributed by atoms with Crippen LogP contribution in [-0.4, -0.2) is 36.4 Å². The summed E-state index contributed by atoms with van der Waals surface area (Å²) in [5.74, 6) is 0.241. The summed E-state index contributed by atoms with van der Waals surface area (Å²) < 4.78 is 22.5. The fraction of sp³-hybridized carbons (Fsp3) is 0.455. The minimum Gasteiger partial charge on any atom is -0.476 e. The Kier molecular flexibility index (Phi) is 10.1. The van der Waals surface area contributed by atoms with Gasteiger partial charge in [0.15, 0.2) is 5.60 Å². The van der Waals surface area contributed by atoms with E-state index in [1.165, 1.54) is 17.5 Å². The van der Waals surface area contributed by atoms with Gasteiger partial charge in [0.2, 0.25) is 5.60 Å². The lowest BCUT2D eigenvalue weighted by atomic mass is 9.65. The highest BCUT2D eigenvalue weighted by atomic mass is 16.6. The van der Waals surface area contributed by atoms with Gasteiger partial charge in [-0.25, -0.2) is 9.59 Å². The lowest BCUT2D eigenvalue weighted by molar-refractivity contribution is -0.159. The van der Waals surface area contributed by atoms with Crippen LogP contribution in [-0.2, 0) is 24.5 Å². The maximum Gasteiger partial charge on any atom is 0.350 e. The number of hydrogen-bond donors (Lipinski definition) is 0. The fourth-order valence-electron chi connectivity index (χ4n) is 4.95. The van der Waals surface area contributed by atoms with Crippen LogP contribution >= 0.6 is 0 Å². The van der Waals surface area contributed by atoms with Crippen molar-refractivity contribution in [2.75, 3.05) is 13.2 Å². The Bertz CT molecular complexity index is 1130. The molecule has 0 spiro atoms. The van der Waals surface area contributed by atoms with E-state index in [4.69, 9.17) is 18.9 Å². The number of hydrogen-bond acceptors (Lipinski definition) is 6. The highest BCUT2D eigenvalue weighted by molar-refractivity contribution is 5.81. The van der Waals surface area contributed by atoms with Gasteiger partial charge in [-0.3, -0.25) is 0 Å². The molecule has 1 fully saturated rings. The van der Waals surface area contributed by atoms with Gasteiger partial charge < -0.3 is 18.9 Å². The van der Waals surface area contributed by atoms with Gasteiger partial charge in [0.05, 0.1) is 6.61 Å². The molecule has 1 atom stereocenters. The molecule has 6 heteroatoms. The van der Waals surface area contributed by atoms with Gasteiger partial charge in [0, 0.05) is 5.41 Å². The fourth-order valence-corrected chi connectivity index (χ4v) is 4.95. The van der Waals surface area contributed by atoms with E-state index in [0.717, 1.165) is 25.7 Å². The predicted octanol–water partition coefficient (Wildman–Crippen LogP) is 7.10. The van der Waals surface area contributed by atoms with Crippen LogP contribution in [0.3, 0.4) is 0 Å². The van der Waals surface area contributed by atoms with Crippen molar-refractivity contribution >= 4 is 11.9 Å². The van der Waals surface area contributed by atoms with Crippen molar-refractivity contribution < 1.29 is 28.5 Å². The minimum atomic E-state index is -1.08. The lowest BCUT2D eigenvalue weighted by Gasteiger charge is -2.39. The van der Waals surface area contributed by atoms with Gasteiger partial charge in [0.1, 0.15) is 18.1 Å². The summed E-state index contributed by atoms with van der Waals surface area (Å²) in [6.45, 7) is 14.7. The Morgan fingerprint density at radius 1 is 0.821 bits per heavy atom. The van der Waals surface area contributed by atoms with Crippen molar-refractivity contribution in [3.8, 4) is 11.5 Å². The Labute approximate surface area is 233 Å². The van der Waals surface area contributed by atoms with Crippen LogP contribution in [0.5, 0.6) is 11.5 Å². The summed E-state index contributed by atoms with van der Waals surface area (Å²) in [5, 5.41) is 0. The number of carbonyl (C=O) groups is 2. The Morgan fingerprint density at radius 3 is 1.87 bits per heavy atom. The molecule has 0 saturated heterocycles. The van der Waals surface area contributed by atoms with Crippen molar-refractivity contribution in [1.82, 2.24) is 0 Å². The van der Waals surface area contributed by atoms with Crippen LogP contribution in [0.15, 0.2) is 73.8 Å². The molecular formula is C33H42O6. The van der Waals surface area contributed by atoms with Crippen LogP contribution in [0, 0.1) is 0 Å². The zero-order valence-electron chi connectivity index (χ0n) is 23.8. The number of benzene rings is 2. The highest BCUT2D eigenvalue weighted by Crippen LogP contribution is 2.45. The molecule has 0 aromatic heterocycles. The molecule has 1 saturated carbocycles. The van der Waals surface area contributed by atoms with Crippen LogP contribution in [0.2, 0.25) is 0 Å². The largest absolute Gasteiger partial charge is 0.476 e. The number of ether oxygens (including phenoxy) is 4. The minimum absolute atomic E-state index is 0.150. The van der Waals surface area contributed by atoms with E-state index < -0.39 is 23.1 Å². The summed E-state index contributed by atoms with van der Waals surface area (Å²) in [7, 11) is 0. The summed E-state index contributed by atoms with van der Waals surface area (Å²) in [5.41, 5.74) is 0.0843. The summed E-state index contributed by atoms with van der Waals surface area (Å²) in [4.78, 5) is 25.2. The van der Waals surface area contributed by atoms with Crippen molar-refractivity contribution in [1.29, 1.82) is 0 Å². The SMILES string of the molecule is C=CCOC(=O)C(C)(CC)Oc1ccc(C2(c3ccc(OC(=O)C(C)(C)OCC=C)cc3)CCCCC2)cc1. The molecule has 0 bridgehead atoms. The van der Waals surface area contributed by atoms with Crippen LogP contribution in [0.25, 0.3) is 0 Å². The number of rotatable bonds is 13. The van der Waals surface area contributed by atoms with E-state index >= 15 is 0 Å². The van der Waals surface area contributed by atoms with Gasteiger partial charge in [-0.1, -0.05) is 69.2 Å². The van der Waals surface area contributed by atoms with E-state index in [9.17, 15) is 9.59 Å². The highest BCUT2D eigenvalue weighted by Gasteiger charge is 2.38. The Morgan fingerprint density at radius 2 is 1.36 bits per heavy atom. The Hall–Kier alpha value is -3.38. The van der Waals surface area contributed by atoms with E-state index in [0.29, 0.717) is 17.9 Å². The van der Waals surface area contributed by atoms with E-state index in [2.05, 4.69) is 37.4 Å². The molecule has 210 valence electrons. The second kappa shape index (κ2) is 13.1. The third-order valence-corrected chi connectivity index (χ3v) is 7.57. The molecule has 1 aliphatic rings. The van der Waals surface area contributed by atoms with Crippen molar-refractivity contribution in [3.63, 3.8) is 0 Å². The molecule has 0 radical (unpaired) electrons.